The van der Waals surface area contributed by atoms with Gasteiger partial charge in [-0.3, -0.25) is 0 Å². The molecule has 6 heteroatoms. The van der Waals surface area contributed by atoms with Gasteiger partial charge in [-0.05, 0) is 12.8 Å². The number of carboxylic acids is 2. The molecule has 124 valence electrons. The van der Waals surface area contributed by atoms with E-state index in [0.29, 0.717) is 6.42 Å². The van der Waals surface area contributed by atoms with Crippen molar-refractivity contribution in [3.63, 3.8) is 0 Å². The van der Waals surface area contributed by atoms with Crippen LogP contribution in [0.5, 0.6) is 0 Å². The van der Waals surface area contributed by atoms with Gasteiger partial charge in [-0.1, -0.05) is 77.6 Å². The van der Waals surface area contributed by atoms with Crippen molar-refractivity contribution in [2.75, 3.05) is 0 Å². The van der Waals surface area contributed by atoms with Gasteiger partial charge in [0.15, 0.2) is 0 Å². The molecule has 0 saturated heterocycles. The van der Waals surface area contributed by atoms with Crippen molar-refractivity contribution in [3.05, 3.63) is 0 Å². The molecule has 0 fully saturated rings. The van der Waals surface area contributed by atoms with Crippen molar-refractivity contribution in [1.29, 1.82) is 0 Å². The Hall–Kier alpha value is 0.940. The molecule has 0 spiro atoms. The Morgan fingerprint density at radius 1 is 0.739 bits per heavy atom. The third-order valence-electron chi connectivity index (χ3n) is 3.90. The maximum atomic E-state index is 10.7. The summed E-state index contributed by atoms with van der Waals surface area (Å²) >= 11 is 0. The molecule has 0 aromatic rings. The molecule has 0 aliphatic carbocycles. The van der Waals surface area contributed by atoms with Gasteiger partial charge >= 0.3 is 59.1 Å². The number of carbonyl (C=O) groups is 2. The molecule has 1 unspecified atom stereocenters. The summed E-state index contributed by atoms with van der Waals surface area (Å²) in [5, 5.41) is 21.2. The summed E-state index contributed by atoms with van der Waals surface area (Å²) in [6.45, 7) is 2.22. The van der Waals surface area contributed by atoms with Gasteiger partial charge in [0.2, 0.25) is 0 Å². The normalized spacial score (nSPS) is 11.2. The van der Waals surface area contributed by atoms with Gasteiger partial charge in [-0.25, -0.2) is 0 Å². The first-order valence-electron chi connectivity index (χ1n) is 8.48. The van der Waals surface area contributed by atoms with E-state index in [0.717, 1.165) is 19.3 Å². The fourth-order valence-corrected chi connectivity index (χ4v) is 2.56. The van der Waals surface area contributed by atoms with Crippen LogP contribution >= 0.6 is 0 Å². The van der Waals surface area contributed by atoms with Crippen molar-refractivity contribution in [2.45, 2.75) is 90.4 Å². The van der Waals surface area contributed by atoms with E-state index in [9.17, 15) is 19.8 Å². The summed E-state index contributed by atoms with van der Waals surface area (Å²) in [5.74, 6) is -3.48. The van der Waals surface area contributed by atoms with Crippen LogP contribution in [0, 0.1) is 5.92 Å². The Kier molecular flexibility index (Phi) is 26.2. The minimum Gasteiger partial charge on any atom is -0.550 e. The molecular formula is C17H30Na2O4. The monoisotopic (exact) mass is 344 g/mol. The molecule has 0 rings (SSSR count). The zero-order chi connectivity index (χ0) is 15.9. The molecule has 0 N–H and O–H groups in total. The molecule has 0 aliphatic heterocycles. The minimum atomic E-state index is -1.31. The Labute approximate surface area is 185 Å². The van der Waals surface area contributed by atoms with Gasteiger partial charge in [0.05, 0.1) is 0 Å². The second-order valence-corrected chi connectivity index (χ2v) is 5.92. The Balaban J connectivity index is -0.00000200. The Morgan fingerprint density at radius 3 is 1.48 bits per heavy atom. The topological polar surface area (TPSA) is 80.3 Å². The van der Waals surface area contributed by atoms with Crippen LogP contribution < -0.4 is 69.3 Å². The number of carboxylic acid groups (broad SMARTS) is 2. The largest absolute Gasteiger partial charge is 1.00 e. The summed E-state index contributed by atoms with van der Waals surface area (Å²) in [7, 11) is 0. The summed E-state index contributed by atoms with van der Waals surface area (Å²) < 4.78 is 0. The van der Waals surface area contributed by atoms with Gasteiger partial charge in [0, 0.05) is 17.9 Å². The van der Waals surface area contributed by atoms with Crippen molar-refractivity contribution in [3.8, 4) is 0 Å². The minimum absolute atomic E-state index is 0. The molecule has 0 aliphatic rings. The molecular weight excluding hydrogens is 314 g/mol. The van der Waals surface area contributed by atoms with Crippen molar-refractivity contribution in [1.82, 2.24) is 0 Å². The third-order valence-corrected chi connectivity index (χ3v) is 3.90. The van der Waals surface area contributed by atoms with E-state index in [-0.39, 0.29) is 59.1 Å². The fraction of sp³-hybridized carbons (Fsp3) is 0.882. The Morgan fingerprint density at radius 2 is 1.13 bits per heavy atom. The molecule has 23 heavy (non-hydrogen) atoms. The molecule has 0 heterocycles. The van der Waals surface area contributed by atoms with Gasteiger partial charge < -0.3 is 19.8 Å². The second kappa shape index (κ2) is 21.0. The summed E-state index contributed by atoms with van der Waals surface area (Å²) in [4.78, 5) is 21.2. The summed E-state index contributed by atoms with van der Waals surface area (Å²) in [6, 6.07) is 0. The van der Waals surface area contributed by atoms with Crippen LogP contribution in [0.15, 0.2) is 0 Å². The van der Waals surface area contributed by atoms with Crippen LogP contribution in [0.25, 0.3) is 0 Å². The number of aliphatic carboxylic acids is 2. The van der Waals surface area contributed by atoms with E-state index < -0.39 is 24.3 Å². The maximum absolute atomic E-state index is 10.7. The van der Waals surface area contributed by atoms with E-state index in [2.05, 4.69) is 6.92 Å². The first kappa shape index (κ1) is 28.7. The standard InChI is InChI=1S/C17H32O4.2Na/c1-2-3-4-5-6-7-8-9-10-11-12-13-15(17(20)21)14-16(18)19;;/h15H,2-14H2,1H3,(H,18,19)(H,20,21);;/q;2*+1/p-2. The first-order valence-corrected chi connectivity index (χ1v) is 8.48. The van der Waals surface area contributed by atoms with Crippen LogP contribution in [0.4, 0.5) is 0 Å². The predicted octanol–water partition coefficient (Wildman–Crippen LogP) is -3.80. The quantitative estimate of drug-likeness (QED) is 0.225. The Bertz CT molecular complexity index is 286. The van der Waals surface area contributed by atoms with Gasteiger partial charge in [-0.2, -0.15) is 0 Å². The van der Waals surface area contributed by atoms with Crippen LogP contribution in [-0.4, -0.2) is 11.9 Å². The predicted molar refractivity (Wildman–Crippen MR) is 79.2 cm³/mol. The molecule has 0 aromatic carbocycles. The zero-order valence-electron chi connectivity index (χ0n) is 15.4. The van der Waals surface area contributed by atoms with Crippen molar-refractivity contribution < 1.29 is 78.9 Å². The number of unbranched alkanes of at least 4 members (excludes halogenated alkanes) is 10. The summed E-state index contributed by atoms with van der Waals surface area (Å²) in [5.41, 5.74) is 0. The van der Waals surface area contributed by atoms with E-state index in [1.54, 1.807) is 0 Å². The maximum Gasteiger partial charge on any atom is 1.00 e. The van der Waals surface area contributed by atoms with Crippen molar-refractivity contribution >= 4 is 11.9 Å². The van der Waals surface area contributed by atoms with Gasteiger partial charge in [0.1, 0.15) is 0 Å². The van der Waals surface area contributed by atoms with E-state index in [4.69, 9.17) is 0 Å². The molecule has 0 amide bonds. The summed E-state index contributed by atoms with van der Waals surface area (Å²) in [6.07, 6.45) is 13.1. The van der Waals surface area contributed by atoms with Gasteiger partial charge in [0.25, 0.3) is 0 Å². The fourth-order valence-electron chi connectivity index (χ4n) is 2.56. The molecule has 0 saturated carbocycles. The molecule has 0 radical (unpaired) electrons. The number of hydrogen-bond donors (Lipinski definition) is 0. The average Bonchev–Trinajstić information content (AvgIpc) is 2.42. The first-order chi connectivity index (χ1) is 10.1. The smallest absolute Gasteiger partial charge is 0.550 e. The van der Waals surface area contributed by atoms with Crippen LogP contribution in [0.2, 0.25) is 0 Å². The molecule has 4 nitrogen and oxygen atoms in total. The zero-order valence-corrected chi connectivity index (χ0v) is 19.4. The van der Waals surface area contributed by atoms with Crippen LogP contribution in [0.3, 0.4) is 0 Å². The molecule has 1 atom stereocenters. The van der Waals surface area contributed by atoms with E-state index in [1.165, 1.54) is 51.4 Å². The van der Waals surface area contributed by atoms with Crippen molar-refractivity contribution in [2.24, 2.45) is 5.92 Å². The average molecular weight is 344 g/mol. The SMILES string of the molecule is CCCCCCCCCCCCCC(CC(=O)[O-])C(=O)[O-].[Na+].[Na+]. The van der Waals surface area contributed by atoms with Gasteiger partial charge in [-0.15, -0.1) is 0 Å². The molecule has 0 aromatic heterocycles. The van der Waals surface area contributed by atoms with E-state index in [1.807, 2.05) is 0 Å². The second-order valence-electron chi connectivity index (χ2n) is 5.92. The van der Waals surface area contributed by atoms with Crippen LogP contribution in [-0.2, 0) is 9.59 Å². The number of carbonyl (C=O) groups excluding carboxylic acids is 2. The number of rotatable bonds is 15. The third kappa shape index (κ3) is 20.9. The van der Waals surface area contributed by atoms with Crippen LogP contribution in [0.1, 0.15) is 90.4 Å². The molecule has 0 bridgehead atoms. The van der Waals surface area contributed by atoms with E-state index >= 15 is 0 Å². The number of hydrogen-bond acceptors (Lipinski definition) is 4.